The standard InChI is InChI=1S/C18H21N3O2/c1-20(18(22)23)13-17-16-8-10-21(12-15(16)7-9-19-17)11-14-5-3-2-4-6-14/h2-7,9H,8,10-13H2,1H3,(H,22,23). The minimum Gasteiger partial charge on any atom is -0.465 e. The van der Waals surface area contributed by atoms with Crippen LogP contribution in [0.25, 0.3) is 0 Å². The molecule has 120 valence electrons. The fraction of sp³-hybridized carbons (Fsp3) is 0.333. The molecule has 0 bridgehead atoms. The molecule has 23 heavy (non-hydrogen) atoms. The van der Waals surface area contributed by atoms with Crippen LogP contribution in [-0.4, -0.2) is 39.6 Å². The molecule has 0 saturated carbocycles. The number of nitrogens with zero attached hydrogens (tertiary/aromatic N) is 3. The average Bonchev–Trinajstić information content (AvgIpc) is 2.55. The van der Waals surface area contributed by atoms with E-state index in [1.165, 1.54) is 21.6 Å². The average molecular weight is 311 g/mol. The van der Waals surface area contributed by atoms with E-state index >= 15 is 0 Å². The number of rotatable bonds is 4. The Kier molecular flexibility index (Phi) is 4.57. The Morgan fingerprint density at radius 1 is 1.30 bits per heavy atom. The molecule has 5 heteroatoms. The van der Waals surface area contributed by atoms with Gasteiger partial charge in [0.25, 0.3) is 0 Å². The van der Waals surface area contributed by atoms with Crippen LogP contribution in [0.5, 0.6) is 0 Å². The van der Waals surface area contributed by atoms with Gasteiger partial charge in [0.15, 0.2) is 0 Å². The molecule has 0 spiro atoms. The summed E-state index contributed by atoms with van der Waals surface area (Å²) < 4.78 is 0. The van der Waals surface area contributed by atoms with Crippen molar-refractivity contribution < 1.29 is 9.90 Å². The Balaban J connectivity index is 1.73. The van der Waals surface area contributed by atoms with Crippen molar-refractivity contribution in [2.45, 2.75) is 26.1 Å². The second-order valence-electron chi connectivity index (χ2n) is 5.98. The molecular formula is C18H21N3O2. The van der Waals surface area contributed by atoms with E-state index in [0.29, 0.717) is 6.54 Å². The van der Waals surface area contributed by atoms with Crippen LogP contribution in [-0.2, 0) is 26.1 Å². The van der Waals surface area contributed by atoms with Gasteiger partial charge in [-0.05, 0) is 29.2 Å². The molecule has 3 rings (SSSR count). The smallest absolute Gasteiger partial charge is 0.407 e. The lowest BCUT2D eigenvalue weighted by molar-refractivity contribution is 0.153. The zero-order chi connectivity index (χ0) is 16.2. The molecule has 1 aliphatic rings. The quantitative estimate of drug-likeness (QED) is 0.943. The summed E-state index contributed by atoms with van der Waals surface area (Å²) in [7, 11) is 1.58. The number of hydrogen-bond acceptors (Lipinski definition) is 3. The van der Waals surface area contributed by atoms with E-state index in [0.717, 1.165) is 31.7 Å². The Bertz CT molecular complexity index is 688. The first-order valence-corrected chi connectivity index (χ1v) is 7.79. The summed E-state index contributed by atoms with van der Waals surface area (Å²) in [6.07, 6.45) is 1.78. The van der Waals surface area contributed by atoms with Crippen molar-refractivity contribution in [3.63, 3.8) is 0 Å². The van der Waals surface area contributed by atoms with Crippen molar-refractivity contribution in [2.24, 2.45) is 0 Å². The van der Waals surface area contributed by atoms with Gasteiger partial charge in [-0.25, -0.2) is 4.79 Å². The normalized spacial score (nSPS) is 14.3. The minimum absolute atomic E-state index is 0.344. The van der Waals surface area contributed by atoms with Crippen LogP contribution in [0.1, 0.15) is 22.4 Å². The maximum absolute atomic E-state index is 11.0. The third-order valence-electron chi connectivity index (χ3n) is 4.28. The molecule has 0 radical (unpaired) electrons. The van der Waals surface area contributed by atoms with Gasteiger partial charge in [-0.15, -0.1) is 0 Å². The van der Waals surface area contributed by atoms with Crippen molar-refractivity contribution in [2.75, 3.05) is 13.6 Å². The summed E-state index contributed by atoms with van der Waals surface area (Å²) in [6, 6.07) is 12.5. The summed E-state index contributed by atoms with van der Waals surface area (Å²) in [4.78, 5) is 19.1. The predicted octanol–water partition coefficient (Wildman–Crippen LogP) is 2.75. The second kappa shape index (κ2) is 6.79. The van der Waals surface area contributed by atoms with E-state index in [-0.39, 0.29) is 0 Å². The first kappa shape index (κ1) is 15.5. The molecule has 0 unspecified atom stereocenters. The summed E-state index contributed by atoms with van der Waals surface area (Å²) >= 11 is 0. The van der Waals surface area contributed by atoms with Crippen molar-refractivity contribution in [3.8, 4) is 0 Å². The number of aromatic nitrogens is 1. The van der Waals surface area contributed by atoms with Crippen molar-refractivity contribution >= 4 is 6.09 Å². The van der Waals surface area contributed by atoms with E-state index in [4.69, 9.17) is 5.11 Å². The molecule has 0 saturated heterocycles. The van der Waals surface area contributed by atoms with Crippen LogP contribution in [0.4, 0.5) is 4.79 Å². The maximum atomic E-state index is 11.0. The number of pyridine rings is 1. The Labute approximate surface area is 136 Å². The third-order valence-corrected chi connectivity index (χ3v) is 4.28. The van der Waals surface area contributed by atoms with Gasteiger partial charge in [-0.3, -0.25) is 9.88 Å². The van der Waals surface area contributed by atoms with Crippen LogP contribution in [0, 0.1) is 0 Å². The van der Waals surface area contributed by atoms with Gasteiger partial charge in [0.1, 0.15) is 0 Å². The first-order chi connectivity index (χ1) is 11.1. The van der Waals surface area contributed by atoms with Gasteiger partial charge in [-0.1, -0.05) is 30.3 Å². The highest BCUT2D eigenvalue weighted by molar-refractivity contribution is 5.64. The Morgan fingerprint density at radius 2 is 2.09 bits per heavy atom. The second-order valence-corrected chi connectivity index (χ2v) is 5.98. The lowest BCUT2D eigenvalue weighted by Crippen LogP contribution is -2.32. The molecule has 5 nitrogen and oxygen atoms in total. The molecule has 2 heterocycles. The van der Waals surface area contributed by atoms with Crippen molar-refractivity contribution in [3.05, 3.63) is 65.0 Å². The van der Waals surface area contributed by atoms with Gasteiger partial charge >= 0.3 is 6.09 Å². The molecule has 0 aliphatic carbocycles. The molecule has 2 aromatic rings. The van der Waals surface area contributed by atoms with Gasteiger partial charge in [0, 0.05) is 32.9 Å². The first-order valence-electron chi connectivity index (χ1n) is 7.79. The van der Waals surface area contributed by atoms with E-state index in [1.54, 1.807) is 13.2 Å². The van der Waals surface area contributed by atoms with Gasteiger partial charge in [-0.2, -0.15) is 0 Å². The summed E-state index contributed by atoms with van der Waals surface area (Å²) in [5.74, 6) is 0. The molecule has 1 aromatic carbocycles. The topological polar surface area (TPSA) is 56.7 Å². The van der Waals surface area contributed by atoms with Crippen LogP contribution in [0.2, 0.25) is 0 Å². The van der Waals surface area contributed by atoms with Gasteiger partial charge in [0.2, 0.25) is 0 Å². The summed E-state index contributed by atoms with van der Waals surface area (Å²) in [6.45, 7) is 3.14. The van der Waals surface area contributed by atoms with E-state index in [9.17, 15) is 4.79 Å². The lowest BCUT2D eigenvalue weighted by atomic mass is 9.98. The SMILES string of the molecule is CN(Cc1nccc2c1CCN(Cc1ccccc1)C2)C(=O)O. The van der Waals surface area contributed by atoms with E-state index in [1.807, 2.05) is 6.07 Å². The third kappa shape index (κ3) is 3.68. The summed E-state index contributed by atoms with van der Waals surface area (Å²) in [5.41, 5.74) is 4.67. The van der Waals surface area contributed by atoms with Crippen LogP contribution in [0.3, 0.4) is 0 Å². The van der Waals surface area contributed by atoms with E-state index < -0.39 is 6.09 Å². The summed E-state index contributed by atoms with van der Waals surface area (Å²) in [5, 5.41) is 9.04. The molecule has 1 amide bonds. The van der Waals surface area contributed by atoms with Gasteiger partial charge in [0.05, 0.1) is 12.2 Å². The molecule has 1 N–H and O–H groups in total. The highest BCUT2D eigenvalue weighted by Gasteiger charge is 2.20. The van der Waals surface area contributed by atoms with Gasteiger partial charge < -0.3 is 10.0 Å². The van der Waals surface area contributed by atoms with Crippen molar-refractivity contribution in [1.82, 2.24) is 14.8 Å². The predicted molar refractivity (Wildman–Crippen MR) is 88.0 cm³/mol. The molecule has 0 fully saturated rings. The number of benzene rings is 1. The molecule has 1 aliphatic heterocycles. The fourth-order valence-corrected chi connectivity index (χ4v) is 3.03. The fourth-order valence-electron chi connectivity index (χ4n) is 3.03. The zero-order valence-corrected chi connectivity index (χ0v) is 13.3. The monoisotopic (exact) mass is 311 g/mol. The largest absolute Gasteiger partial charge is 0.465 e. The Hall–Kier alpha value is -2.40. The lowest BCUT2D eigenvalue weighted by Gasteiger charge is -2.30. The zero-order valence-electron chi connectivity index (χ0n) is 13.3. The minimum atomic E-state index is -0.925. The number of carbonyl (C=O) groups is 1. The van der Waals surface area contributed by atoms with E-state index in [2.05, 4.69) is 40.2 Å². The highest BCUT2D eigenvalue weighted by Crippen LogP contribution is 2.23. The van der Waals surface area contributed by atoms with Crippen molar-refractivity contribution in [1.29, 1.82) is 0 Å². The van der Waals surface area contributed by atoms with Crippen LogP contribution in [0.15, 0.2) is 42.6 Å². The number of carboxylic acid groups (broad SMARTS) is 1. The number of hydrogen-bond donors (Lipinski definition) is 1. The number of fused-ring (bicyclic) bond motifs is 1. The maximum Gasteiger partial charge on any atom is 0.407 e. The van der Waals surface area contributed by atoms with Crippen LogP contribution >= 0.6 is 0 Å². The molecule has 1 aromatic heterocycles. The highest BCUT2D eigenvalue weighted by atomic mass is 16.4. The molecular weight excluding hydrogens is 290 g/mol. The number of amides is 1. The Morgan fingerprint density at radius 3 is 2.83 bits per heavy atom. The molecule has 0 atom stereocenters. The van der Waals surface area contributed by atoms with Crippen LogP contribution < -0.4 is 0 Å².